The molecule has 0 aliphatic rings. The Hall–Kier alpha value is -1.41. The van der Waals surface area contributed by atoms with Crippen molar-refractivity contribution >= 4 is 5.97 Å². The minimum Gasteiger partial charge on any atom is -0.456 e. The second kappa shape index (κ2) is 28.8. The molecule has 0 amide bonds. The van der Waals surface area contributed by atoms with Crippen LogP contribution in [0, 0.1) is 0 Å². The van der Waals surface area contributed by atoms with Gasteiger partial charge in [0.05, 0.1) is 112 Å². The molecule has 0 fully saturated rings. The molecular weight excluding hydrogens is 464 g/mol. The fourth-order valence-electron chi connectivity index (χ4n) is 2.37. The van der Waals surface area contributed by atoms with Crippen molar-refractivity contribution in [3.63, 3.8) is 0 Å². The minimum absolute atomic E-state index is 0.0216. The Labute approximate surface area is 209 Å². The Balaban J connectivity index is 3.21. The van der Waals surface area contributed by atoms with Gasteiger partial charge in [-0.3, -0.25) is 0 Å². The van der Waals surface area contributed by atoms with Gasteiger partial charge in [0.1, 0.15) is 6.10 Å². The average Bonchev–Trinajstić information content (AvgIpc) is 2.86. The Kier molecular flexibility index (Phi) is 27.7. The fraction of sp³-hybridized carbons (Fsp3) is 0.792. The summed E-state index contributed by atoms with van der Waals surface area (Å²) in [4.78, 5) is 11.2. The van der Waals surface area contributed by atoms with Crippen LogP contribution in [0.25, 0.3) is 0 Å². The molecule has 11 nitrogen and oxygen atoms in total. The summed E-state index contributed by atoms with van der Waals surface area (Å²) in [5.74, 6) is -0.480. The number of hydrogen-bond donors (Lipinski definition) is 1. The number of aliphatic hydroxyl groups is 1. The monoisotopic (exact) mass is 508 g/mol. The molecule has 1 N–H and O–H groups in total. The first kappa shape index (κ1) is 33.6. The third-order valence-electron chi connectivity index (χ3n) is 4.02. The molecule has 0 heterocycles. The molecule has 0 aromatic carbocycles. The number of hydrogen-bond acceptors (Lipinski definition) is 11. The van der Waals surface area contributed by atoms with Crippen molar-refractivity contribution in [1.29, 1.82) is 0 Å². The van der Waals surface area contributed by atoms with Crippen LogP contribution in [0.4, 0.5) is 0 Å². The summed E-state index contributed by atoms with van der Waals surface area (Å²) < 4.78 is 48.0. The molecule has 0 spiro atoms. The van der Waals surface area contributed by atoms with Crippen LogP contribution >= 0.6 is 0 Å². The van der Waals surface area contributed by atoms with Gasteiger partial charge in [0.2, 0.25) is 0 Å². The van der Waals surface area contributed by atoms with Crippen LogP contribution < -0.4 is 0 Å². The van der Waals surface area contributed by atoms with E-state index in [1.807, 2.05) is 0 Å². The van der Waals surface area contributed by atoms with Crippen molar-refractivity contribution in [3.8, 4) is 0 Å². The van der Waals surface area contributed by atoms with Crippen molar-refractivity contribution in [2.75, 3.05) is 112 Å². The zero-order valence-electron chi connectivity index (χ0n) is 20.9. The molecular formula is C24H44O11. The van der Waals surface area contributed by atoms with E-state index in [2.05, 4.69) is 13.2 Å². The first-order valence-electron chi connectivity index (χ1n) is 11.9. The van der Waals surface area contributed by atoms with Crippen molar-refractivity contribution in [2.24, 2.45) is 0 Å². The summed E-state index contributed by atoms with van der Waals surface area (Å²) in [6.45, 7) is 14.2. The molecule has 0 bridgehead atoms. The summed E-state index contributed by atoms with van der Waals surface area (Å²) in [5, 5.41) is 8.55. The third-order valence-corrected chi connectivity index (χ3v) is 4.02. The number of carbonyl (C=O) groups is 1. The molecule has 0 saturated carbocycles. The van der Waals surface area contributed by atoms with Crippen molar-refractivity contribution in [3.05, 3.63) is 25.3 Å². The highest BCUT2D eigenvalue weighted by molar-refractivity contribution is 5.81. The van der Waals surface area contributed by atoms with E-state index in [9.17, 15) is 4.79 Å². The summed E-state index contributed by atoms with van der Waals surface area (Å²) in [7, 11) is 0. The van der Waals surface area contributed by atoms with Gasteiger partial charge >= 0.3 is 5.97 Å². The number of esters is 1. The maximum atomic E-state index is 11.2. The molecule has 0 radical (unpaired) electrons. The Morgan fingerprint density at radius 3 is 1.26 bits per heavy atom. The first-order valence-corrected chi connectivity index (χ1v) is 11.9. The number of ether oxygens (including phenoxy) is 9. The molecule has 0 saturated heterocycles. The lowest BCUT2D eigenvalue weighted by Crippen LogP contribution is -2.23. The molecule has 0 rings (SSSR count). The van der Waals surface area contributed by atoms with E-state index in [-0.39, 0.29) is 19.3 Å². The Bertz CT molecular complexity index is 476. The predicted octanol–water partition coefficient (Wildman–Crippen LogP) is 0.785. The van der Waals surface area contributed by atoms with Gasteiger partial charge in [-0.15, -0.1) is 6.58 Å². The van der Waals surface area contributed by atoms with Gasteiger partial charge in [-0.05, 0) is 0 Å². The quantitative estimate of drug-likeness (QED) is 0.0668. The summed E-state index contributed by atoms with van der Waals surface area (Å²) in [6, 6.07) is 0. The fourth-order valence-corrected chi connectivity index (χ4v) is 2.37. The zero-order chi connectivity index (χ0) is 25.7. The third kappa shape index (κ3) is 27.0. The van der Waals surface area contributed by atoms with E-state index in [0.29, 0.717) is 106 Å². The maximum Gasteiger partial charge on any atom is 0.330 e. The van der Waals surface area contributed by atoms with Gasteiger partial charge in [-0.2, -0.15) is 0 Å². The van der Waals surface area contributed by atoms with E-state index >= 15 is 0 Å². The normalized spacial score (nSPS) is 11.9. The van der Waals surface area contributed by atoms with E-state index in [4.69, 9.17) is 47.7 Å². The van der Waals surface area contributed by atoms with Crippen LogP contribution in [-0.2, 0) is 47.4 Å². The molecule has 1 atom stereocenters. The second-order valence-electron chi connectivity index (χ2n) is 6.87. The summed E-state index contributed by atoms with van der Waals surface area (Å²) in [5.41, 5.74) is 0. The largest absolute Gasteiger partial charge is 0.456 e. The molecule has 0 aliphatic carbocycles. The highest BCUT2D eigenvalue weighted by Crippen LogP contribution is 2.01. The average molecular weight is 509 g/mol. The molecule has 206 valence electrons. The topological polar surface area (TPSA) is 120 Å². The Morgan fingerprint density at radius 2 is 0.943 bits per heavy atom. The van der Waals surface area contributed by atoms with E-state index in [1.165, 1.54) is 0 Å². The number of rotatable bonds is 29. The summed E-state index contributed by atoms with van der Waals surface area (Å²) >= 11 is 0. The van der Waals surface area contributed by atoms with Crippen molar-refractivity contribution in [1.82, 2.24) is 0 Å². The van der Waals surface area contributed by atoms with Crippen LogP contribution in [0.3, 0.4) is 0 Å². The maximum absolute atomic E-state index is 11.2. The van der Waals surface area contributed by atoms with Gasteiger partial charge in [0.25, 0.3) is 0 Å². The molecule has 11 heteroatoms. The highest BCUT2D eigenvalue weighted by atomic mass is 16.6. The zero-order valence-corrected chi connectivity index (χ0v) is 20.9. The summed E-state index contributed by atoms with van der Waals surface area (Å²) in [6.07, 6.45) is 2.93. The highest BCUT2D eigenvalue weighted by Gasteiger charge is 2.11. The van der Waals surface area contributed by atoms with Gasteiger partial charge in [-0.1, -0.05) is 12.7 Å². The van der Waals surface area contributed by atoms with E-state index < -0.39 is 5.97 Å². The smallest absolute Gasteiger partial charge is 0.330 e. The molecule has 0 aliphatic heterocycles. The second-order valence-corrected chi connectivity index (χ2v) is 6.87. The van der Waals surface area contributed by atoms with Crippen molar-refractivity contribution < 1.29 is 52.5 Å². The molecule has 1 unspecified atom stereocenters. The van der Waals surface area contributed by atoms with Crippen LogP contribution in [0.1, 0.15) is 6.42 Å². The lowest BCUT2D eigenvalue weighted by molar-refractivity contribution is -0.146. The van der Waals surface area contributed by atoms with Crippen LogP contribution in [-0.4, -0.2) is 129 Å². The van der Waals surface area contributed by atoms with Gasteiger partial charge in [0.15, 0.2) is 0 Å². The van der Waals surface area contributed by atoms with E-state index in [0.717, 1.165) is 6.08 Å². The standard InChI is InChI=1S/C24H44O11/c1-3-5-23(35-24(26)4-2)22-34-21-20-33-19-18-32-17-16-31-15-14-30-13-12-29-11-10-28-9-8-27-7-6-25/h3-4,23,25H,1-2,5-22H2. The first-order chi connectivity index (χ1) is 17.2. The minimum atomic E-state index is -0.480. The SMILES string of the molecule is C=CCC(COCCOCCOCCOCCOCCOCCOCCOCCO)OC(=O)C=C. The number of aliphatic hydroxyl groups excluding tert-OH is 1. The lowest BCUT2D eigenvalue weighted by Gasteiger charge is -2.15. The molecule has 0 aromatic rings. The van der Waals surface area contributed by atoms with Crippen molar-refractivity contribution in [2.45, 2.75) is 12.5 Å². The molecule has 35 heavy (non-hydrogen) atoms. The number of carbonyl (C=O) groups excluding carboxylic acids is 1. The van der Waals surface area contributed by atoms with Crippen LogP contribution in [0.2, 0.25) is 0 Å². The predicted molar refractivity (Wildman–Crippen MR) is 129 cm³/mol. The lowest BCUT2D eigenvalue weighted by atomic mass is 10.2. The van der Waals surface area contributed by atoms with E-state index in [1.54, 1.807) is 6.08 Å². The van der Waals surface area contributed by atoms with Gasteiger partial charge < -0.3 is 47.7 Å². The van der Waals surface area contributed by atoms with Crippen LogP contribution in [0.5, 0.6) is 0 Å². The Morgan fingerprint density at radius 1 is 0.600 bits per heavy atom. The van der Waals surface area contributed by atoms with Gasteiger partial charge in [-0.25, -0.2) is 4.79 Å². The van der Waals surface area contributed by atoms with Crippen LogP contribution in [0.15, 0.2) is 25.3 Å². The molecule has 0 aromatic heterocycles. The van der Waals surface area contributed by atoms with Gasteiger partial charge in [0, 0.05) is 12.5 Å².